The number of rotatable bonds is 5. The smallest absolute Gasteiger partial charge is 0.269 e. The van der Waals surface area contributed by atoms with Crippen LogP contribution in [0.3, 0.4) is 0 Å². The summed E-state index contributed by atoms with van der Waals surface area (Å²) in [6.45, 7) is 4.32. The lowest BCUT2D eigenvalue weighted by Crippen LogP contribution is -2.34. The number of carbonyl (C=O) groups excluding carboxylic acids is 1. The van der Waals surface area contributed by atoms with E-state index in [0.717, 1.165) is 17.2 Å². The van der Waals surface area contributed by atoms with Gasteiger partial charge in [0.2, 0.25) is 0 Å². The van der Waals surface area contributed by atoms with E-state index in [1.54, 1.807) is 27.8 Å². The van der Waals surface area contributed by atoms with Crippen LogP contribution in [0.4, 0.5) is 17.3 Å². The standard InChI is InChI=1S/C20H21N7O3/c1-12-10-17(23-19(21-12)14-4-6-15(7-5-14)27(29)30)22-16-8-9-26(20(16)28)18-11-13(2)24-25(18)3/h4-7,10-11,16H,8-9H2,1-3H3,(H,21,22,23). The Labute approximate surface area is 172 Å². The molecule has 0 saturated carbocycles. The van der Waals surface area contributed by atoms with Crippen LogP contribution in [0.1, 0.15) is 17.8 Å². The van der Waals surface area contributed by atoms with Gasteiger partial charge in [-0.05, 0) is 32.4 Å². The van der Waals surface area contributed by atoms with E-state index in [9.17, 15) is 14.9 Å². The van der Waals surface area contributed by atoms with Crippen LogP contribution in [-0.2, 0) is 11.8 Å². The summed E-state index contributed by atoms with van der Waals surface area (Å²) in [5, 5.41) is 18.4. The number of hydrogen-bond acceptors (Lipinski definition) is 7. The van der Waals surface area contributed by atoms with Crippen molar-refractivity contribution in [2.75, 3.05) is 16.8 Å². The van der Waals surface area contributed by atoms with Crippen molar-refractivity contribution in [1.82, 2.24) is 19.7 Å². The maximum Gasteiger partial charge on any atom is 0.269 e. The van der Waals surface area contributed by atoms with Gasteiger partial charge in [0.1, 0.15) is 17.7 Å². The maximum absolute atomic E-state index is 12.9. The van der Waals surface area contributed by atoms with Crippen molar-refractivity contribution in [3.63, 3.8) is 0 Å². The lowest BCUT2D eigenvalue weighted by atomic mass is 10.2. The SMILES string of the molecule is Cc1cc(NC2CCN(c3cc(C)nn3C)C2=O)nc(-c2ccc([N+](=O)[O-])cc2)n1. The van der Waals surface area contributed by atoms with Gasteiger partial charge in [-0.2, -0.15) is 5.10 Å². The molecule has 1 amide bonds. The zero-order chi connectivity index (χ0) is 21.4. The highest BCUT2D eigenvalue weighted by Gasteiger charge is 2.34. The van der Waals surface area contributed by atoms with Gasteiger partial charge < -0.3 is 5.32 Å². The van der Waals surface area contributed by atoms with Crippen LogP contribution < -0.4 is 10.2 Å². The van der Waals surface area contributed by atoms with Crippen LogP contribution >= 0.6 is 0 Å². The minimum absolute atomic E-state index is 0.00629. The molecule has 30 heavy (non-hydrogen) atoms. The number of benzene rings is 1. The third kappa shape index (κ3) is 3.71. The molecule has 1 N–H and O–H groups in total. The van der Waals surface area contributed by atoms with E-state index >= 15 is 0 Å². The third-order valence-corrected chi connectivity index (χ3v) is 4.97. The molecular formula is C20H21N7O3. The van der Waals surface area contributed by atoms with Gasteiger partial charge in [-0.25, -0.2) is 9.97 Å². The number of aromatic nitrogens is 4. The van der Waals surface area contributed by atoms with Crippen LogP contribution in [0, 0.1) is 24.0 Å². The van der Waals surface area contributed by atoms with Gasteiger partial charge in [0.05, 0.1) is 10.6 Å². The number of anilines is 2. The summed E-state index contributed by atoms with van der Waals surface area (Å²) >= 11 is 0. The Kier molecular flexibility index (Phi) is 4.90. The lowest BCUT2D eigenvalue weighted by molar-refractivity contribution is -0.384. The fraction of sp³-hybridized carbons (Fsp3) is 0.300. The molecule has 1 aliphatic rings. The molecule has 0 spiro atoms. The molecule has 1 atom stereocenters. The first-order chi connectivity index (χ1) is 14.3. The average Bonchev–Trinajstić information content (AvgIpc) is 3.22. The Hall–Kier alpha value is -3.82. The summed E-state index contributed by atoms with van der Waals surface area (Å²) in [5.41, 5.74) is 2.25. The molecule has 0 bridgehead atoms. The maximum atomic E-state index is 12.9. The Balaban J connectivity index is 1.54. The van der Waals surface area contributed by atoms with E-state index < -0.39 is 11.0 Å². The minimum Gasteiger partial charge on any atom is -0.358 e. The highest BCUT2D eigenvalue weighted by atomic mass is 16.6. The summed E-state index contributed by atoms with van der Waals surface area (Å²) in [7, 11) is 1.82. The van der Waals surface area contributed by atoms with Crippen molar-refractivity contribution in [3.05, 3.63) is 57.9 Å². The van der Waals surface area contributed by atoms with Gasteiger partial charge in [-0.3, -0.25) is 24.5 Å². The Bertz CT molecular complexity index is 1120. The van der Waals surface area contributed by atoms with Gasteiger partial charge >= 0.3 is 0 Å². The van der Waals surface area contributed by atoms with Crippen LogP contribution in [-0.4, -0.2) is 43.2 Å². The summed E-state index contributed by atoms with van der Waals surface area (Å²) in [6, 6.07) is 9.33. The minimum atomic E-state index is -0.449. The van der Waals surface area contributed by atoms with E-state index in [1.165, 1.54) is 12.1 Å². The van der Waals surface area contributed by atoms with E-state index in [1.807, 2.05) is 27.0 Å². The number of carbonyl (C=O) groups is 1. The molecule has 0 aliphatic carbocycles. The first kappa shape index (κ1) is 19.5. The first-order valence-corrected chi connectivity index (χ1v) is 9.51. The molecule has 3 aromatic rings. The summed E-state index contributed by atoms with van der Waals surface area (Å²) in [5.74, 6) is 1.72. The number of non-ortho nitro benzene ring substituents is 1. The fourth-order valence-electron chi connectivity index (χ4n) is 3.57. The second-order valence-corrected chi connectivity index (χ2v) is 7.27. The summed E-state index contributed by atoms with van der Waals surface area (Å²) in [4.78, 5) is 34.0. The number of nitro groups is 1. The van der Waals surface area contributed by atoms with Gasteiger partial charge in [0.15, 0.2) is 5.82 Å². The number of hydrogen-bond donors (Lipinski definition) is 1. The van der Waals surface area contributed by atoms with E-state index in [4.69, 9.17) is 0 Å². The zero-order valence-corrected chi connectivity index (χ0v) is 16.9. The number of nitrogens with zero attached hydrogens (tertiary/aromatic N) is 6. The molecule has 2 aromatic heterocycles. The summed E-state index contributed by atoms with van der Waals surface area (Å²) in [6.07, 6.45) is 0.638. The Morgan fingerprint density at radius 3 is 2.50 bits per heavy atom. The van der Waals surface area contributed by atoms with E-state index in [2.05, 4.69) is 20.4 Å². The fourth-order valence-corrected chi connectivity index (χ4v) is 3.57. The number of aryl methyl sites for hydroxylation is 3. The van der Waals surface area contributed by atoms with E-state index in [-0.39, 0.29) is 11.6 Å². The van der Waals surface area contributed by atoms with Crippen LogP contribution in [0.25, 0.3) is 11.4 Å². The van der Waals surface area contributed by atoms with Crippen LogP contribution in [0.15, 0.2) is 36.4 Å². The predicted octanol–water partition coefficient (Wildman–Crippen LogP) is 2.62. The molecule has 10 nitrogen and oxygen atoms in total. The van der Waals surface area contributed by atoms with Crippen molar-refractivity contribution < 1.29 is 9.72 Å². The lowest BCUT2D eigenvalue weighted by Gasteiger charge is -2.17. The van der Waals surface area contributed by atoms with Gasteiger partial charge in [-0.15, -0.1) is 0 Å². The van der Waals surface area contributed by atoms with Crippen LogP contribution in [0.2, 0.25) is 0 Å². The number of nitro benzene ring substituents is 1. The Morgan fingerprint density at radius 2 is 1.87 bits per heavy atom. The van der Waals surface area contributed by atoms with Gasteiger partial charge in [-0.1, -0.05) is 0 Å². The molecule has 1 aliphatic heterocycles. The second-order valence-electron chi connectivity index (χ2n) is 7.27. The molecule has 154 valence electrons. The van der Waals surface area contributed by atoms with E-state index in [0.29, 0.717) is 30.2 Å². The molecule has 1 unspecified atom stereocenters. The quantitative estimate of drug-likeness (QED) is 0.510. The monoisotopic (exact) mass is 407 g/mol. The van der Waals surface area contributed by atoms with Crippen molar-refractivity contribution in [1.29, 1.82) is 0 Å². The van der Waals surface area contributed by atoms with Gasteiger partial charge in [0.25, 0.3) is 11.6 Å². The molecule has 4 rings (SSSR count). The van der Waals surface area contributed by atoms with Crippen molar-refractivity contribution in [2.45, 2.75) is 26.3 Å². The molecular weight excluding hydrogens is 386 g/mol. The molecule has 1 aromatic carbocycles. The normalized spacial score (nSPS) is 16.2. The van der Waals surface area contributed by atoms with Crippen LogP contribution in [0.5, 0.6) is 0 Å². The molecule has 1 fully saturated rings. The second kappa shape index (κ2) is 7.54. The molecule has 10 heteroatoms. The molecule has 3 heterocycles. The van der Waals surface area contributed by atoms with Crippen molar-refractivity contribution in [2.24, 2.45) is 7.05 Å². The number of nitrogens with one attached hydrogen (secondary N) is 1. The first-order valence-electron chi connectivity index (χ1n) is 9.51. The highest BCUT2D eigenvalue weighted by molar-refractivity contribution is 6.00. The predicted molar refractivity (Wildman–Crippen MR) is 111 cm³/mol. The molecule has 1 saturated heterocycles. The summed E-state index contributed by atoms with van der Waals surface area (Å²) < 4.78 is 1.71. The average molecular weight is 407 g/mol. The topological polar surface area (TPSA) is 119 Å². The van der Waals surface area contributed by atoms with Gasteiger partial charge in [0, 0.05) is 49.1 Å². The third-order valence-electron chi connectivity index (χ3n) is 4.97. The number of amides is 1. The zero-order valence-electron chi connectivity index (χ0n) is 16.9. The van der Waals surface area contributed by atoms with Crippen molar-refractivity contribution >= 4 is 23.2 Å². The molecule has 0 radical (unpaired) electrons. The highest BCUT2D eigenvalue weighted by Crippen LogP contribution is 2.25. The Morgan fingerprint density at radius 1 is 1.13 bits per heavy atom. The largest absolute Gasteiger partial charge is 0.358 e. The van der Waals surface area contributed by atoms with Crippen molar-refractivity contribution in [3.8, 4) is 11.4 Å².